The first-order chi connectivity index (χ1) is 9.86. The molecule has 3 rings (SSSR count). The average Bonchev–Trinajstić information content (AvgIpc) is 3.17. The molecular formula is C13H20N6O. The Morgan fingerprint density at radius 1 is 1.40 bits per heavy atom. The molecule has 0 unspecified atom stereocenters. The van der Waals surface area contributed by atoms with Gasteiger partial charge in [0.15, 0.2) is 11.5 Å². The maximum atomic E-state index is 5.61. The molecule has 3 N–H and O–H groups in total. The Labute approximate surface area is 117 Å². The number of hydrogen-bond donors (Lipinski definition) is 3. The smallest absolute Gasteiger partial charge is 0.226 e. The lowest BCUT2D eigenvalue weighted by atomic mass is 10.4. The lowest BCUT2D eigenvalue weighted by Gasteiger charge is -2.08. The largest absolute Gasteiger partial charge is 0.381 e. The number of aromatic amines is 1. The Kier molecular flexibility index (Phi) is 3.96. The van der Waals surface area contributed by atoms with E-state index in [0.29, 0.717) is 11.6 Å². The zero-order chi connectivity index (χ0) is 13.8. The Bertz CT molecular complexity index is 565. The minimum atomic E-state index is 0.567. The van der Waals surface area contributed by atoms with Crippen molar-refractivity contribution >= 4 is 22.9 Å². The molecule has 1 fully saturated rings. The molecule has 1 aliphatic carbocycles. The zero-order valence-corrected chi connectivity index (χ0v) is 11.6. The molecule has 1 aliphatic rings. The molecule has 0 aliphatic heterocycles. The fourth-order valence-corrected chi connectivity index (χ4v) is 1.99. The van der Waals surface area contributed by atoms with Crippen LogP contribution in [-0.4, -0.2) is 46.7 Å². The number of fused-ring (bicyclic) bond motifs is 1. The summed E-state index contributed by atoms with van der Waals surface area (Å²) in [5.74, 6) is 2.17. The second-order valence-corrected chi connectivity index (χ2v) is 5.05. The Morgan fingerprint density at radius 2 is 2.30 bits per heavy atom. The Hall–Kier alpha value is -1.89. The minimum absolute atomic E-state index is 0.567. The van der Waals surface area contributed by atoms with Gasteiger partial charge in [0, 0.05) is 26.8 Å². The van der Waals surface area contributed by atoms with E-state index < -0.39 is 0 Å². The van der Waals surface area contributed by atoms with E-state index in [1.54, 1.807) is 13.4 Å². The van der Waals surface area contributed by atoms with Gasteiger partial charge in [-0.15, -0.1) is 0 Å². The van der Waals surface area contributed by atoms with E-state index in [1.165, 1.54) is 12.8 Å². The van der Waals surface area contributed by atoms with Crippen LogP contribution in [0, 0.1) is 5.92 Å². The van der Waals surface area contributed by atoms with E-state index in [0.717, 1.165) is 43.4 Å². The Morgan fingerprint density at radius 3 is 3.10 bits per heavy atom. The predicted octanol–water partition coefficient (Wildman–Crippen LogP) is 1.62. The third-order valence-corrected chi connectivity index (χ3v) is 3.32. The van der Waals surface area contributed by atoms with E-state index in [1.807, 2.05) is 0 Å². The first kappa shape index (κ1) is 13.1. The van der Waals surface area contributed by atoms with Gasteiger partial charge in [-0.05, 0) is 25.2 Å². The summed E-state index contributed by atoms with van der Waals surface area (Å²) in [4.78, 5) is 15.9. The number of H-pyrrole nitrogens is 1. The number of nitrogens with zero attached hydrogens (tertiary/aromatic N) is 3. The summed E-state index contributed by atoms with van der Waals surface area (Å²) in [6.07, 6.45) is 5.26. The van der Waals surface area contributed by atoms with Crippen LogP contribution in [0.15, 0.2) is 6.33 Å². The summed E-state index contributed by atoms with van der Waals surface area (Å²) in [5, 5.41) is 6.25. The molecule has 0 aromatic carbocycles. The highest BCUT2D eigenvalue weighted by molar-refractivity contribution is 5.83. The van der Waals surface area contributed by atoms with Gasteiger partial charge in [-0.1, -0.05) is 0 Å². The lowest BCUT2D eigenvalue weighted by molar-refractivity contribution is 0.124. The molecule has 108 valence electrons. The first-order valence-corrected chi connectivity index (χ1v) is 7.07. The van der Waals surface area contributed by atoms with E-state index in [9.17, 15) is 0 Å². The van der Waals surface area contributed by atoms with Gasteiger partial charge in [-0.25, -0.2) is 4.98 Å². The van der Waals surface area contributed by atoms with Gasteiger partial charge in [0.05, 0.1) is 6.33 Å². The van der Waals surface area contributed by atoms with Crippen LogP contribution in [0.4, 0.5) is 11.8 Å². The van der Waals surface area contributed by atoms with Crippen LogP contribution in [0.3, 0.4) is 0 Å². The van der Waals surface area contributed by atoms with Crippen LogP contribution >= 0.6 is 0 Å². The van der Waals surface area contributed by atoms with Crippen LogP contribution in [0.1, 0.15) is 19.3 Å². The van der Waals surface area contributed by atoms with Crippen molar-refractivity contribution in [3.05, 3.63) is 6.33 Å². The molecule has 1 saturated carbocycles. The molecule has 7 heteroatoms. The quantitative estimate of drug-likeness (QED) is 0.635. The van der Waals surface area contributed by atoms with Gasteiger partial charge < -0.3 is 20.4 Å². The highest BCUT2D eigenvalue weighted by Crippen LogP contribution is 2.28. The molecule has 2 heterocycles. The van der Waals surface area contributed by atoms with Crippen molar-refractivity contribution in [2.45, 2.75) is 19.3 Å². The molecule has 0 atom stereocenters. The van der Waals surface area contributed by atoms with Gasteiger partial charge in [-0.2, -0.15) is 9.97 Å². The summed E-state index contributed by atoms with van der Waals surface area (Å²) in [7, 11) is 1.79. The number of aromatic nitrogens is 4. The third kappa shape index (κ3) is 3.16. The maximum absolute atomic E-state index is 5.61. The zero-order valence-electron chi connectivity index (χ0n) is 11.6. The maximum Gasteiger partial charge on any atom is 0.226 e. The van der Waals surface area contributed by atoms with Crippen molar-refractivity contribution in [2.75, 3.05) is 37.4 Å². The van der Waals surface area contributed by atoms with E-state index in [4.69, 9.17) is 4.74 Å². The van der Waals surface area contributed by atoms with Gasteiger partial charge in [0.1, 0.15) is 5.52 Å². The summed E-state index contributed by atoms with van der Waals surface area (Å²) < 4.78 is 5.61. The first-order valence-electron chi connectivity index (χ1n) is 7.07. The van der Waals surface area contributed by atoms with Gasteiger partial charge in [0.25, 0.3) is 0 Å². The number of anilines is 2. The van der Waals surface area contributed by atoms with Crippen molar-refractivity contribution in [3.8, 4) is 0 Å². The highest BCUT2D eigenvalue weighted by Gasteiger charge is 2.20. The second kappa shape index (κ2) is 6.04. The summed E-state index contributed by atoms with van der Waals surface area (Å²) in [5.41, 5.74) is 1.50. The molecule has 0 spiro atoms. The second-order valence-electron chi connectivity index (χ2n) is 5.05. The molecular weight excluding hydrogens is 256 g/mol. The van der Waals surface area contributed by atoms with Crippen LogP contribution in [0.2, 0.25) is 0 Å². The van der Waals surface area contributed by atoms with Crippen LogP contribution < -0.4 is 10.6 Å². The number of nitrogens with one attached hydrogen (secondary N) is 3. The molecule has 2 aromatic heterocycles. The van der Waals surface area contributed by atoms with E-state index in [-0.39, 0.29) is 0 Å². The van der Waals surface area contributed by atoms with Crippen molar-refractivity contribution in [3.63, 3.8) is 0 Å². The van der Waals surface area contributed by atoms with Crippen LogP contribution in [0.5, 0.6) is 0 Å². The fraction of sp³-hybridized carbons (Fsp3) is 0.615. The highest BCUT2D eigenvalue weighted by atomic mass is 16.5. The molecule has 0 bridgehead atoms. The van der Waals surface area contributed by atoms with E-state index in [2.05, 4.69) is 30.6 Å². The fourth-order valence-electron chi connectivity index (χ4n) is 1.99. The van der Waals surface area contributed by atoms with Crippen LogP contribution in [-0.2, 0) is 4.74 Å². The number of ether oxygens (including phenoxy) is 1. The van der Waals surface area contributed by atoms with Crippen LogP contribution in [0.25, 0.3) is 11.2 Å². The normalized spacial score (nSPS) is 14.7. The van der Waals surface area contributed by atoms with Gasteiger partial charge in [0.2, 0.25) is 5.95 Å². The number of imidazole rings is 1. The minimum Gasteiger partial charge on any atom is -0.381 e. The summed E-state index contributed by atoms with van der Waals surface area (Å²) in [6, 6.07) is 0. The SMILES string of the molecule is CNc1nc(NCCCOCC2CC2)c2[nH]cnc2n1. The number of hydrogen-bond acceptors (Lipinski definition) is 6. The number of rotatable bonds is 8. The van der Waals surface area contributed by atoms with Crippen molar-refractivity contribution in [1.82, 2.24) is 19.9 Å². The molecule has 2 aromatic rings. The topological polar surface area (TPSA) is 87.8 Å². The van der Waals surface area contributed by atoms with Gasteiger partial charge >= 0.3 is 0 Å². The third-order valence-electron chi connectivity index (χ3n) is 3.32. The molecule has 0 amide bonds. The molecule has 20 heavy (non-hydrogen) atoms. The van der Waals surface area contributed by atoms with Gasteiger partial charge in [-0.3, -0.25) is 0 Å². The summed E-state index contributed by atoms with van der Waals surface area (Å²) in [6.45, 7) is 2.53. The predicted molar refractivity (Wildman–Crippen MR) is 77.9 cm³/mol. The molecule has 0 saturated heterocycles. The summed E-state index contributed by atoms with van der Waals surface area (Å²) >= 11 is 0. The Balaban J connectivity index is 1.51. The van der Waals surface area contributed by atoms with Crippen molar-refractivity contribution in [2.24, 2.45) is 5.92 Å². The average molecular weight is 276 g/mol. The monoisotopic (exact) mass is 276 g/mol. The lowest BCUT2D eigenvalue weighted by Crippen LogP contribution is -2.09. The van der Waals surface area contributed by atoms with Crippen molar-refractivity contribution < 1.29 is 4.74 Å². The van der Waals surface area contributed by atoms with E-state index >= 15 is 0 Å². The standard InChI is InChI=1S/C13H20N6O/c1-14-13-18-11(10-12(19-13)17-8-16-10)15-5-2-6-20-7-9-3-4-9/h8-9H,2-7H2,1H3,(H3,14,15,16,17,18,19). The molecule has 0 radical (unpaired) electrons. The van der Waals surface area contributed by atoms with Crippen molar-refractivity contribution in [1.29, 1.82) is 0 Å². The molecule has 7 nitrogen and oxygen atoms in total.